The second-order valence-electron chi connectivity index (χ2n) is 3.95. The van der Waals surface area contributed by atoms with Gasteiger partial charge in [-0.2, -0.15) is 0 Å². The molecule has 1 aliphatic heterocycles. The van der Waals surface area contributed by atoms with Crippen molar-refractivity contribution in [1.82, 2.24) is 4.98 Å². The number of hydrogen-bond acceptors (Lipinski definition) is 4. The maximum absolute atomic E-state index is 6.15. The monoisotopic (exact) mass is 260 g/mol. The largest absolute Gasteiger partial charge is 0.353 e. The number of nitrogens with two attached hydrogens (primary N) is 1. The van der Waals surface area contributed by atoms with E-state index in [0.29, 0.717) is 21.9 Å². The molecule has 4 nitrogen and oxygen atoms in total. The highest BCUT2D eigenvalue weighted by atomic mass is 35.5. The number of nitrogen functional groups attached to an aromatic ring is 1. The predicted molar refractivity (Wildman–Crippen MR) is 68.1 cm³/mol. The van der Waals surface area contributed by atoms with Crippen LogP contribution in [0.2, 0.25) is 10.0 Å². The Hall–Kier alpha value is -0.710. The molecular weight excluding hydrogens is 247 g/mol. The minimum Gasteiger partial charge on any atom is -0.353 e. The van der Waals surface area contributed by atoms with Crippen molar-refractivity contribution in [2.24, 2.45) is 5.84 Å². The van der Waals surface area contributed by atoms with E-state index in [4.69, 9.17) is 29.0 Å². The topological polar surface area (TPSA) is 54.2 Å². The fraction of sp³-hybridized carbons (Fsp3) is 0.500. The van der Waals surface area contributed by atoms with Gasteiger partial charge in [-0.25, -0.2) is 10.8 Å². The lowest BCUT2D eigenvalue weighted by molar-refractivity contribution is 0.727. The highest BCUT2D eigenvalue weighted by Gasteiger charge is 2.24. The van der Waals surface area contributed by atoms with E-state index in [1.165, 1.54) is 0 Å². The third-order valence-electron chi connectivity index (χ3n) is 2.87. The summed E-state index contributed by atoms with van der Waals surface area (Å²) < 4.78 is 0. The summed E-state index contributed by atoms with van der Waals surface area (Å²) in [6, 6.07) is 2.13. The quantitative estimate of drug-likeness (QED) is 0.634. The highest BCUT2D eigenvalue weighted by molar-refractivity contribution is 6.37. The zero-order valence-electron chi connectivity index (χ0n) is 9.00. The van der Waals surface area contributed by atoms with Crippen LogP contribution in [0.15, 0.2) is 6.07 Å². The van der Waals surface area contributed by atoms with Crippen molar-refractivity contribution in [2.45, 2.75) is 25.8 Å². The molecule has 1 unspecified atom stereocenters. The van der Waals surface area contributed by atoms with Crippen LogP contribution in [0, 0.1) is 0 Å². The second kappa shape index (κ2) is 4.65. The molecule has 6 heteroatoms. The Balaban J connectivity index is 2.39. The van der Waals surface area contributed by atoms with E-state index in [1.54, 1.807) is 6.07 Å². The van der Waals surface area contributed by atoms with Gasteiger partial charge in [-0.15, -0.1) is 0 Å². The third-order valence-corrected chi connectivity index (χ3v) is 3.44. The molecule has 0 bridgehead atoms. The molecule has 1 aromatic heterocycles. The van der Waals surface area contributed by atoms with Crippen molar-refractivity contribution >= 4 is 34.8 Å². The number of hydrogen-bond donors (Lipinski definition) is 2. The second-order valence-corrected chi connectivity index (χ2v) is 4.77. The third kappa shape index (κ3) is 2.05. The number of aromatic nitrogens is 1. The molecule has 16 heavy (non-hydrogen) atoms. The Morgan fingerprint density at radius 1 is 1.50 bits per heavy atom. The molecule has 2 rings (SSSR count). The minimum absolute atomic E-state index is 0.433. The van der Waals surface area contributed by atoms with Gasteiger partial charge in [0.1, 0.15) is 5.82 Å². The fourth-order valence-electron chi connectivity index (χ4n) is 2.01. The van der Waals surface area contributed by atoms with Crippen LogP contribution < -0.4 is 16.2 Å². The van der Waals surface area contributed by atoms with Crippen LogP contribution in [0.3, 0.4) is 0 Å². The lowest BCUT2D eigenvalue weighted by Crippen LogP contribution is -2.28. The smallest absolute Gasteiger partial charge is 0.161 e. The summed E-state index contributed by atoms with van der Waals surface area (Å²) >= 11 is 12.1. The molecule has 88 valence electrons. The van der Waals surface area contributed by atoms with E-state index in [-0.39, 0.29) is 0 Å². The van der Waals surface area contributed by atoms with E-state index in [1.807, 2.05) is 0 Å². The Labute approximate surface area is 105 Å². The summed E-state index contributed by atoms with van der Waals surface area (Å²) in [5.74, 6) is 6.56. The van der Waals surface area contributed by atoms with Crippen LogP contribution in [0.25, 0.3) is 0 Å². The van der Waals surface area contributed by atoms with E-state index in [2.05, 4.69) is 22.2 Å². The first-order valence-electron chi connectivity index (χ1n) is 5.22. The van der Waals surface area contributed by atoms with Crippen molar-refractivity contribution in [1.29, 1.82) is 0 Å². The summed E-state index contributed by atoms with van der Waals surface area (Å²) in [5, 5.41) is 1.00. The summed E-state index contributed by atoms with van der Waals surface area (Å²) in [6.07, 6.45) is 2.32. The highest BCUT2D eigenvalue weighted by Crippen LogP contribution is 2.34. The number of nitrogens with one attached hydrogen (secondary N) is 1. The fourth-order valence-corrected chi connectivity index (χ4v) is 2.53. The van der Waals surface area contributed by atoms with Gasteiger partial charge in [0.15, 0.2) is 5.82 Å². The van der Waals surface area contributed by atoms with E-state index < -0.39 is 0 Å². The maximum atomic E-state index is 6.15. The van der Waals surface area contributed by atoms with Gasteiger partial charge in [0, 0.05) is 12.6 Å². The van der Waals surface area contributed by atoms with Crippen molar-refractivity contribution < 1.29 is 0 Å². The molecule has 0 aromatic carbocycles. The van der Waals surface area contributed by atoms with E-state index >= 15 is 0 Å². The van der Waals surface area contributed by atoms with E-state index in [9.17, 15) is 0 Å². The van der Waals surface area contributed by atoms with Gasteiger partial charge in [-0.1, -0.05) is 23.2 Å². The van der Waals surface area contributed by atoms with Crippen LogP contribution in [0.1, 0.15) is 19.8 Å². The Bertz CT molecular complexity index is 397. The molecular formula is C10H14Cl2N4. The first-order chi connectivity index (χ1) is 7.63. The molecule has 0 saturated carbocycles. The van der Waals surface area contributed by atoms with Crippen LogP contribution in [-0.2, 0) is 0 Å². The Kier molecular flexibility index (Phi) is 3.42. The molecule has 2 heterocycles. The molecule has 0 aliphatic carbocycles. The molecule has 3 N–H and O–H groups in total. The number of hydrazine groups is 1. The predicted octanol–water partition coefficient (Wildman–Crippen LogP) is 2.66. The van der Waals surface area contributed by atoms with Crippen LogP contribution in [-0.4, -0.2) is 17.6 Å². The van der Waals surface area contributed by atoms with Gasteiger partial charge < -0.3 is 10.3 Å². The average Bonchev–Trinajstić information content (AvgIpc) is 2.65. The molecule has 1 aliphatic rings. The lowest BCUT2D eigenvalue weighted by Gasteiger charge is -2.24. The van der Waals surface area contributed by atoms with Crippen molar-refractivity contribution in [2.75, 3.05) is 16.9 Å². The number of pyridine rings is 1. The summed E-state index contributed by atoms with van der Waals surface area (Å²) in [6.45, 7) is 3.13. The molecule has 0 spiro atoms. The maximum Gasteiger partial charge on any atom is 0.161 e. The number of anilines is 2. The van der Waals surface area contributed by atoms with Crippen molar-refractivity contribution in [3.05, 3.63) is 16.1 Å². The molecule has 1 fully saturated rings. The van der Waals surface area contributed by atoms with Crippen LogP contribution in [0.5, 0.6) is 0 Å². The van der Waals surface area contributed by atoms with Crippen LogP contribution in [0.4, 0.5) is 11.6 Å². The number of nitrogens with zero attached hydrogens (tertiary/aromatic N) is 2. The van der Waals surface area contributed by atoms with E-state index in [0.717, 1.165) is 25.2 Å². The lowest BCUT2D eigenvalue weighted by atomic mass is 10.2. The van der Waals surface area contributed by atoms with Gasteiger partial charge in [-0.05, 0) is 25.8 Å². The number of rotatable bonds is 2. The molecule has 0 amide bonds. The van der Waals surface area contributed by atoms with Gasteiger partial charge in [0.25, 0.3) is 0 Å². The number of halogens is 2. The summed E-state index contributed by atoms with van der Waals surface area (Å²) in [4.78, 5) is 6.53. The molecule has 1 saturated heterocycles. The standard InChI is InChI=1S/C10H14Cl2N4/c1-6-3-2-4-16(6)10-8(12)5-7(11)9(14-10)15-13/h5-6H,2-4,13H2,1H3,(H,14,15). The minimum atomic E-state index is 0.433. The zero-order valence-corrected chi connectivity index (χ0v) is 10.5. The summed E-state index contributed by atoms with van der Waals surface area (Å²) in [5.41, 5.74) is 2.47. The summed E-state index contributed by atoms with van der Waals surface area (Å²) in [7, 11) is 0. The van der Waals surface area contributed by atoms with Gasteiger partial charge in [-0.3, -0.25) is 0 Å². The Morgan fingerprint density at radius 3 is 2.81 bits per heavy atom. The van der Waals surface area contributed by atoms with Crippen molar-refractivity contribution in [3.8, 4) is 0 Å². The average molecular weight is 261 g/mol. The molecule has 1 atom stereocenters. The molecule has 1 aromatic rings. The van der Waals surface area contributed by atoms with Crippen LogP contribution >= 0.6 is 23.2 Å². The van der Waals surface area contributed by atoms with Crippen molar-refractivity contribution in [3.63, 3.8) is 0 Å². The van der Waals surface area contributed by atoms with Gasteiger partial charge >= 0.3 is 0 Å². The normalized spacial score (nSPS) is 20.2. The van der Waals surface area contributed by atoms with Gasteiger partial charge in [0.05, 0.1) is 10.0 Å². The molecule has 0 radical (unpaired) electrons. The first-order valence-corrected chi connectivity index (χ1v) is 5.98. The Morgan fingerprint density at radius 2 is 2.25 bits per heavy atom. The zero-order chi connectivity index (χ0) is 11.7. The van der Waals surface area contributed by atoms with Gasteiger partial charge in [0.2, 0.25) is 0 Å². The first kappa shape index (κ1) is 11.8. The SMILES string of the molecule is CC1CCCN1c1nc(NN)c(Cl)cc1Cl.